The van der Waals surface area contributed by atoms with Gasteiger partial charge in [0.25, 0.3) is 0 Å². The number of aryl methyl sites for hydroxylation is 1. The molecular formula is C27H34N6O2. The molecule has 1 aliphatic heterocycles. The van der Waals surface area contributed by atoms with Crippen molar-refractivity contribution in [2.75, 3.05) is 25.1 Å². The Bertz CT molecular complexity index is 1250. The highest BCUT2D eigenvalue weighted by Crippen LogP contribution is 2.53. The summed E-state index contributed by atoms with van der Waals surface area (Å²) in [7, 11) is 2.16. The van der Waals surface area contributed by atoms with Crippen LogP contribution in [0.2, 0.25) is 0 Å². The molecule has 1 aromatic carbocycles. The van der Waals surface area contributed by atoms with E-state index < -0.39 is 0 Å². The van der Waals surface area contributed by atoms with Gasteiger partial charge in [0.05, 0.1) is 16.8 Å². The Morgan fingerprint density at radius 3 is 2.77 bits per heavy atom. The maximum Gasteiger partial charge on any atom is 0.217 e. The fourth-order valence-corrected chi connectivity index (χ4v) is 6.73. The van der Waals surface area contributed by atoms with Crippen LogP contribution in [0.1, 0.15) is 67.9 Å². The molecule has 1 saturated heterocycles. The molecule has 2 aromatic heterocycles. The Balaban J connectivity index is 1.36. The van der Waals surface area contributed by atoms with Gasteiger partial charge in [-0.2, -0.15) is 4.98 Å². The molecule has 0 saturated carbocycles. The number of nitrogens with two attached hydrogens (primary N) is 2. The van der Waals surface area contributed by atoms with Crippen molar-refractivity contribution in [3.05, 3.63) is 46.8 Å². The Morgan fingerprint density at radius 2 is 1.97 bits per heavy atom. The fraction of sp³-hybridized carbons (Fsp3) is 0.519. The van der Waals surface area contributed by atoms with Crippen LogP contribution in [0.5, 0.6) is 5.88 Å². The molecule has 1 fully saturated rings. The van der Waals surface area contributed by atoms with Crippen LogP contribution in [-0.2, 0) is 18.3 Å². The average Bonchev–Trinajstić information content (AvgIpc) is 3.49. The van der Waals surface area contributed by atoms with Crippen molar-refractivity contribution < 1.29 is 9.26 Å². The van der Waals surface area contributed by atoms with E-state index in [-0.39, 0.29) is 11.5 Å². The monoisotopic (exact) mass is 474 g/mol. The van der Waals surface area contributed by atoms with Gasteiger partial charge in [-0.05, 0) is 89.1 Å². The van der Waals surface area contributed by atoms with E-state index in [1.165, 1.54) is 12.0 Å². The number of rotatable bonds is 4. The van der Waals surface area contributed by atoms with Crippen molar-refractivity contribution in [2.24, 2.45) is 0 Å². The molecule has 35 heavy (non-hydrogen) atoms. The lowest BCUT2D eigenvalue weighted by Crippen LogP contribution is -2.38. The molecule has 4 N–H and O–H groups in total. The van der Waals surface area contributed by atoms with E-state index in [0.717, 1.165) is 68.4 Å². The summed E-state index contributed by atoms with van der Waals surface area (Å²) in [5.74, 6) is 2.03. The average molecular weight is 475 g/mol. The first-order valence-corrected chi connectivity index (χ1v) is 12.8. The van der Waals surface area contributed by atoms with Crippen molar-refractivity contribution in [2.45, 2.75) is 75.9 Å². The molecular weight excluding hydrogens is 440 g/mol. The smallest absolute Gasteiger partial charge is 0.217 e. The van der Waals surface area contributed by atoms with Gasteiger partial charge in [-0.25, -0.2) is 4.98 Å². The van der Waals surface area contributed by atoms with Crippen LogP contribution >= 0.6 is 0 Å². The molecule has 0 unspecified atom stereocenters. The number of hydrogen-bond donors (Lipinski definition) is 2. The Hall–Kier alpha value is -3.13. The lowest BCUT2D eigenvalue weighted by Gasteiger charge is -2.41. The highest BCUT2D eigenvalue weighted by atomic mass is 16.5. The van der Waals surface area contributed by atoms with Crippen molar-refractivity contribution >= 4 is 11.4 Å². The molecule has 184 valence electrons. The summed E-state index contributed by atoms with van der Waals surface area (Å²) in [4.78, 5) is 11.7. The van der Waals surface area contributed by atoms with Crippen molar-refractivity contribution in [1.29, 1.82) is 0 Å². The van der Waals surface area contributed by atoms with Gasteiger partial charge in [0.2, 0.25) is 5.88 Å². The van der Waals surface area contributed by atoms with Gasteiger partial charge in [0, 0.05) is 23.9 Å². The topological polar surface area (TPSA) is 116 Å². The molecule has 2 aliphatic carbocycles. The number of nitrogens with zero attached hydrogens (tertiary/aromatic N) is 4. The number of likely N-dealkylation sites (tertiary alicyclic amines) is 1. The first-order chi connectivity index (χ1) is 17.0. The first kappa shape index (κ1) is 22.3. The second-order valence-corrected chi connectivity index (χ2v) is 10.5. The highest BCUT2D eigenvalue weighted by molar-refractivity contribution is 5.74. The Labute approximate surface area is 206 Å². The lowest BCUT2D eigenvalue weighted by atomic mass is 9.62. The zero-order valence-corrected chi connectivity index (χ0v) is 20.6. The van der Waals surface area contributed by atoms with Crippen LogP contribution < -0.4 is 16.2 Å². The van der Waals surface area contributed by atoms with E-state index in [9.17, 15) is 0 Å². The van der Waals surface area contributed by atoms with E-state index >= 15 is 0 Å². The minimum Gasteiger partial charge on any atom is -0.473 e. The number of benzene rings is 1. The minimum absolute atomic E-state index is 0.0481. The SMILES string of the molecule is C[C@H](Oc1ccnc(-c2noc3c2CCC[C@@]32CCCc3ccc(N)c(N)c32)n1)[C@@H]1CCCN1C. The minimum atomic E-state index is -0.290. The van der Waals surface area contributed by atoms with Crippen LogP contribution in [0, 0.1) is 0 Å². The summed E-state index contributed by atoms with van der Waals surface area (Å²) in [5.41, 5.74) is 18.1. The molecule has 0 bridgehead atoms. The normalized spacial score (nSPS) is 24.8. The van der Waals surface area contributed by atoms with Crippen LogP contribution in [0.15, 0.2) is 28.9 Å². The fourth-order valence-electron chi connectivity index (χ4n) is 6.73. The van der Waals surface area contributed by atoms with Gasteiger partial charge in [-0.3, -0.25) is 4.90 Å². The molecule has 3 heterocycles. The predicted octanol–water partition coefficient (Wildman–Crippen LogP) is 4.12. The molecule has 3 aliphatic rings. The zero-order valence-electron chi connectivity index (χ0n) is 20.6. The van der Waals surface area contributed by atoms with Gasteiger partial charge < -0.3 is 20.7 Å². The summed E-state index contributed by atoms with van der Waals surface area (Å²) in [5, 5.41) is 4.52. The van der Waals surface area contributed by atoms with Crippen LogP contribution in [0.3, 0.4) is 0 Å². The molecule has 3 atom stereocenters. The van der Waals surface area contributed by atoms with Gasteiger partial charge in [0.15, 0.2) is 17.3 Å². The summed E-state index contributed by atoms with van der Waals surface area (Å²) in [6.07, 6.45) is 10.1. The first-order valence-electron chi connectivity index (χ1n) is 12.8. The number of likely N-dealkylation sites (N-methyl/N-ethyl adjacent to an activating group) is 1. The standard InChI is InChI=1S/C27H34N6O2/c1-16(20-8-5-15-33(20)2)34-21-11-14-30-26(31-21)24-18-7-4-13-27(25(18)35-32-24)12-3-6-17-9-10-19(28)23(29)22(17)27/h9-11,14,16,20H,3-8,12-13,15,28-29H2,1-2H3/t16-,20-,27+/m0/s1. The zero-order chi connectivity index (χ0) is 24.2. The summed E-state index contributed by atoms with van der Waals surface area (Å²) < 4.78 is 12.4. The van der Waals surface area contributed by atoms with Crippen molar-refractivity contribution in [1.82, 2.24) is 20.0 Å². The molecule has 3 aromatic rings. The number of ether oxygens (including phenoxy) is 1. The summed E-state index contributed by atoms with van der Waals surface area (Å²) >= 11 is 0. The van der Waals surface area contributed by atoms with E-state index in [4.69, 9.17) is 25.7 Å². The number of nitrogen functional groups attached to an aromatic ring is 2. The van der Waals surface area contributed by atoms with E-state index in [1.807, 2.05) is 12.1 Å². The molecule has 8 nitrogen and oxygen atoms in total. The molecule has 8 heteroatoms. The molecule has 6 rings (SSSR count). The summed E-state index contributed by atoms with van der Waals surface area (Å²) in [6.45, 7) is 3.23. The quantitative estimate of drug-likeness (QED) is 0.543. The van der Waals surface area contributed by atoms with Gasteiger partial charge >= 0.3 is 0 Å². The van der Waals surface area contributed by atoms with Crippen LogP contribution in [-0.4, -0.2) is 45.8 Å². The second kappa shape index (κ2) is 8.52. The van der Waals surface area contributed by atoms with Crippen molar-refractivity contribution in [3.63, 3.8) is 0 Å². The maximum absolute atomic E-state index is 6.58. The van der Waals surface area contributed by atoms with Gasteiger partial charge in [-0.15, -0.1) is 0 Å². The highest BCUT2D eigenvalue weighted by Gasteiger charge is 2.47. The van der Waals surface area contributed by atoms with Crippen LogP contribution in [0.25, 0.3) is 11.5 Å². The number of hydrogen-bond acceptors (Lipinski definition) is 8. The third-order valence-electron chi connectivity index (χ3n) is 8.41. The largest absolute Gasteiger partial charge is 0.473 e. The summed E-state index contributed by atoms with van der Waals surface area (Å²) in [6, 6.07) is 6.27. The number of fused-ring (bicyclic) bond motifs is 4. The molecule has 0 radical (unpaired) electrons. The van der Waals surface area contributed by atoms with E-state index in [2.05, 4.69) is 35.1 Å². The molecule has 0 amide bonds. The Morgan fingerprint density at radius 1 is 1.14 bits per heavy atom. The predicted molar refractivity (Wildman–Crippen MR) is 135 cm³/mol. The van der Waals surface area contributed by atoms with Crippen molar-refractivity contribution in [3.8, 4) is 17.4 Å². The van der Waals surface area contributed by atoms with Gasteiger partial charge in [-0.1, -0.05) is 11.2 Å². The Kier molecular flexibility index (Phi) is 5.44. The molecule has 1 spiro atoms. The maximum atomic E-state index is 6.58. The van der Waals surface area contributed by atoms with Crippen LogP contribution in [0.4, 0.5) is 11.4 Å². The van der Waals surface area contributed by atoms with Gasteiger partial charge in [0.1, 0.15) is 6.10 Å². The van der Waals surface area contributed by atoms with E-state index in [1.54, 1.807) is 6.20 Å². The third-order valence-corrected chi connectivity index (χ3v) is 8.41. The number of aromatic nitrogens is 3. The lowest BCUT2D eigenvalue weighted by molar-refractivity contribution is 0.117. The number of anilines is 2. The van der Waals surface area contributed by atoms with E-state index in [0.29, 0.717) is 34.8 Å². The second-order valence-electron chi connectivity index (χ2n) is 10.5. The third kappa shape index (κ3) is 3.57.